The molecule has 0 aliphatic rings. The quantitative estimate of drug-likeness (QED) is 0.727. The van der Waals surface area contributed by atoms with Crippen LogP contribution in [0.5, 0.6) is 5.75 Å². The van der Waals surface area contributed by atoms with Crippen LogP contribution in [-0.2, 0) is 0 Å². The number of nitrogens with zero attached hydrogens (tertiary/aromatic N) is 1. The maximum Gasteiger partial charge on any atom is 0.479 e. The van der Waals surface area contributed by atoms with E-state index in [1.165, 1.54) is 12.3 Å². The monoisotopic (exact) mass is 229 g/mol. The van der Waals surface area contributed by atoms with E-state index in [1.807, 2.05) is 0 Å². The Balaban J connectivity index is 2.55. The average Bonchev–Trinajstić information content (AvgIpc) is 2.00. The minimum Gasteiger partial charge on any atom is -0.415 e. The number of alkyl halides is 3. The van der Waals surface area contributed by atoms with Crippen molar-refractivity contribution in [2.45, 2.75) is 5.51 Å². The van der Waals surface area contributed by atoms with E-state index in [2.05, 4.69) is 9.17 Å². The van der Waals surface area contributed by atoms with Gasteiger partial charge in [0.2, 0.25) is 0 Å². The summed E-state index contributed by atoms with van der Waals surface area (Å²) in [6.07, 6.45) is 2.44. The van der Waals surface area contributed by atoms with Crippen LogP contribution in [0.15, 0.2) is 18.5 Å². The smallest absolute Gasteiger partial charge is 0.415 e. The van der Waals surface area contributed by atoms with Crippen LogP contribution in [0.4, 0.5) is 13.2 Å². The second-order valence-electron chi connectivity index (χ2n) is 1.95. The normalized spacial score (nSPS) is 11.4. The first-order valence-corrected chi connectivity index (χ1v) is 4.12. The SMILES string of the molecule is FC(F)(F)SOc1cncc(Cl)c1. The third kappa shape index (κ3) is 4.23. The van der Waals surface area contributed by atoms with Crippen LogP contribution in [-0.4, -0.2) is 10.5 Å². The lowest BCUT2D eigenvalue weighted by Crippen LogP contribution is -2.02. The van der Waals surface area contributed by atoms with Gasteiger partial charge in [-0.25, -0.2) is 0 Å². The Hall–Kier alpha value is -0.620. The fourth-order valence-corrected chi connectivity index (χ4v) is 0.979. The number of rotatable bonds is 2. The Bertz CT molecular complexity index is 293. The number of pyridine rings is 1. The predicted octanol–water partition coefficient (Wildman–Crippen LogP) is 3.28. The van der Waals surface area contributed by atoms with Crippen molar-refractivity contribution in [2.75, 3.05) is 0 Å². The molecule has 0 bridgehead atoms. The van der Waals surface area contributed by atoms with Gasteiger partial charge in [0.15, 0.2) is 17.8 Å². The molecule has 0 aliphatic heterocycles. The Morgan fingerprint density at radius 1 is 1.38 bits per heavy atom. The summed E-state index contributed by atoms with van der Waals surface area (Å²) in [5.74, 6) is -0.0326. The van der Waals surface area contributed by atoms with Gasteiger partial charge in [-0.2, -0.15) is 13.2 Å². The Morgan fingerprint density at radius 3 is 2.62 bits per heavy atom. The highest BCUT2D eigenvalue weighted by Gasteiger charge is 2.31. The van der Waals surface area contributed by atoms with E-state index in [0.29, 0.717) is 0 Å². The van der Waals surface area contributed by atoms with Crippen LogP contribution >= 0.6 is 23.6 Å². The summed E-state index contributed by atoms with van der Waals surface area (Å²) in [6, 6.07) is 1.24. The third-order valence-corrected chi connectivity index (χ3v) is 1.58. The molecule has 0 N–H and O–H groups in total. The van der Waals surface area contributed by atoms with Crippen LogP contribution in [0, 0.1) is 0 Å². The molecule has 1 heterocycles. The van der Waals surface area contributed by atoms with Gasteiger partial charge in [0.25, 0.3) is 0 Å². The van der Waals surface area contributed by atoms with Crippen molar-refractivity contribution in [2.24, 2.45) is 0 Å². The zero-order valence-corrected chi connectivity index (χ0v) is 7.58. The predicted molar refractivity (Wildman–Crippen MR) is 43.5 cm³/mol. The standard InChI is InChI=1S/C6H3ClF3NOS/c7-4-1-5(3-11-2-4)12-13-6(8,9)10/h1-3H. The van der Waals surface area contributed by atoms with Gasteiger partial charge >= 0.3 is 5.51 Å². The van der Waals surface area contributed by atoms with Crippen LogP contribution in [0.2, 0.25) is 5.02 Å². The molecule has 0 atom stereocenters. The van der Waals surface area contributed by atoms with Gasteiger partial charge in [-0.05, 0) is 0 Å². The van der Waals surface area contributed by atoms with Crippen molar-refractivity contribution in [3.63, 3.8) is 0 Å². The highest BCUT2D eigenvalue weighted by Crippen LogP contribution is 2.32. The van der Waals surface area contributed by atoms with Gasteiger partial charge in [0, 0.05) is 12.3 Å². The minimum atomic E-state index is -4.43. The van der Waals surface area contributed by atoms with Crippen LogP contribution in [0.1, 0.15) is 0 Å². The molecule has 0 amide bonds. The second-order valence-corrected chi connectivity index (χ2v) is 3.18. The van der Waals surface area contributed by atoms with Crippen LogP contribution in [0.3, 0.4) is 0 Å². The topological polar surface area (TPSA) is 22.1 Å². The Kier molecular flexibility index (Phi) is 3.27. The van der Waals surface area contributed by atoms with Crippen LogP contribution < -0.4 is 4.18 Å². The first-order valence-electron chi connectivity index (χ1n) is 3.00. The Labute approximate surface area is 81.3 Å². The van der Waals surface area contributed by atoms with E-state index in [1.54, 1.807) is 0 Å². The number of hydrogen-bond acceptors (Lipinski definition) is 3. The highest BCUT2D eigenvalue weighted by molar-refractivity contribution is 7.95. The molecule has 0 fully saturated rings. The van der Waals surface area contributed by atoms with Gasteiger partial charge < -0.3 is 4.18 Å². The van der Waals surface area contributed by atoms with Crippen molar-refractivity contribution < 1.29 is 17.4 Å². The van der Waals surface area contributed by atoms with Gasteiger partial charge in [0.05, 0.1) is 11.2 Å². The van der Waals surface area contributed by atoms with Crippen molar-refractivity contribution in [3.8, 4) is 5.75 Å². The van der Waals surface area contributed by atoms with Crippen molar-refractivity contribution in [1.29, 1.82) is 0 Å². The molecule has 1 aromatic heterocycles. The molecule has 7 heteroatoms. The highest BCUT2D eigenvalue weighted by atomic mass is 35.5. The van der Waals surface area contributed by atoms with E-state index in [9.17, 15) is 13.2 Å². The summed E-state index contributed by atoms with van der Waals surface area (Å²) in [5, 5.41) is 0.222. The summed E-state index contributed by atoms with van der Waals surface area (Å²) in [6.45, 7) is 0. The van der Waals surface area contributed by atoms with Crippen LogP contribution in [0.25, 0.3) is 0 Å². The maximum atomic E-state index is 11.6. The lowest BCUT2D eigenvalue weighted by Gasteiger charge is -2.05. The lowest BCUT2D eigenvalue weighted by atomic mass is 10.5. The molecule has 0 aromatic carbocycles. The molecular formula is C6H3ClF3NOS. The minimum absolute atomic E-state index is 0.0326. The molecule has 0 unspecified atom stereocenters. The average molecular weight is 230 g/mol. The first-order chi connectivity index (χ1) is 5.97. The van der Waals surface area contributed by atoms with Gasteiger partial charge in [-0.15, -0.1) is 0 Å². The molecule has 13 heavy (non-hydrogen) atoms. The molecule has 1 aromatic rings. The second kappa shape index (κ2) is 4.06. The maximum absolute atomic E-state index is 11.6. The molecule has 0 spiro atoms. The largest absolute Gasteiger partial charge is 0.479 e. The van der Waals surface area contributed by atoms with Crippen molar-refractivity contribution in [1.82, 2.24) is 4.98 Å². The third-order valence-electron chi connectivity index (χ3n) is 0.912. The first kappa shape index (κ1) is 10.5. The van der Waals surface area contributed by atoms with Gasteiger partial charge in [-0.3, -0.25) is 4.98 Å². The molecule has 72 valence electrons. The zero-order valence-electron chi connectivity index (χ0n) is 6.01. The molecule has 0 aliphatic carbocycles. The molecule has 2 nitrogen and oxygen atoms in total. The lowest BCUT2D eigenvalue weighted by molar-refractivity contribution is -0.0369. The molecule has 0 saturated heterocycles. The van der Waals surface area contributed by atoms with Gasteiger partial charge in [-0.1, -0.05) is 11.6 Å². The molecule has 0 saturated carbocycles. The van der Waals surface area contributed by atoms with Crippen molar-refractivity contribution >= 4 is 23.6 Å². The van der Waals surface area contributed by atoms with E-state index < -0.39 is 17.6 Å². The summed E-state index contributed by atoms with van der Waals surface area (Å²) in [7, 11) is 0. The fraction of sp³-hybridized carbons (Fsp3) is 0.167. The summed E-state index contributed by atoms with van der Waals surface area (Å²) in [4.78, 5) is 3.55. The van der Waals surface area contributed by atoms with Crippen molar-refractivity contribution in [3.05, 3.63) is 23.5 Å². The summed E-state index contributed by atoms with van der Waals surface area (Å²) in [5.41, 5.74) is -4.43. The number of aromatic nitrogens is 1. The van der Waals surface area contributed by atoms with E-state index in [-0.39, 0.29) is 10.8 Å². The van der Waals surface area contributed by atoms with E-state index in [4.69, 9.17) is 11.6 Å². The molecule has 1 rings (SSSR count). The van der Waals surface area contributed by atoms with Gasteiger partial charge in [0.1, 0.15) is 0 Å². The number of halogens is 4. The van der Waals surface area contributed by atoms with E-state index in [0.717, 1.165) is 6.20 Å². The van der Waals surface area contributed by atoms with E-state index >= 15 is 0 Å². The summed E-state index contributed by atoms with van der Waals surface area (Å²) < 4.78 is 39.2. The Morgan fingerprint density at radius 2 is 2.08 bits per heavy atom. The zero-order chi connectivity index (χ0) is 9.90. The fourth-order valence-electron chi connectivity index (χ4n) is 0.533. The summed E-state index contributed by atoms with van der Waals surface area (Å²) >= 11 is 4.86. The number of hydrogen-bond donors (Lipinski definition) is 0. The molecular weight excluding hydrogens is 227 g/mol. The molecule has 0 radical (unpaired) electrons.